The zero-order valence-electron chi connectivity index (χ0n) is 16.9. The Labute approximate surface area is 193 Å². The average Bonchev–Trinajstić information content (AvgIpc) is 3.21. The zero-order valence-corrected chi connectivity index (χ0v) is 19.2. The van der Waals surface area contributed by atoms with Crippen molar-refractivity contribution >= 4 is 69.2 Å². The van der Waals surface area contributed by atoms with Crippen molar-refractivity contribution in [3.8, 4) is 11.5 Å². The summed E-state index contributed by atoms with van der Waals surface area (Å²) in [5.74, 6) is 1.54. The fraction of sp³-hybridized carbons (Fsp3) is 0.316. The standard InChI is InChI=1S/C19H21Cl3N6O3/c1-4-14(29)25-17(19(20,21)22)28-18-26-15-13(5-6-23-15)16(27-18)24-10-7-11(30-2)9-12(8-10)31-3/h5-9,17H,4H2,1-3H3,(H,25,29)(H3,23,24,26,27,28). The highest BCUT2D eigenvalue weighted by molar-refractivity contribution is 6.68. The molecule has 3 aromatic rings. The minimum absolute atomic E-state index is 0.139. The lowest BCUT2D eigenvalue weighted by atomic mass is 10.2. The van der Waals surface area contributed by atoms with Crippen LogP contribution in [0.1, 0.15) is 13.3 Å². The fourth-order valence-electron chi connectivity index (χ4n) is 2.71. The predicted molar refractivity (Wildman–Crippen MR) is 123 cm³/mol. The average molecular weight is 488 g/mol. The summed E-state index contributed by atoms with van der Waals surface area (Å²) in [5, 5.41) is 9.45. The summed E-state index contributed by atoms with van der Waals surface area (Å²) in [6.45, 7) is 1.69. The molecule has 0 spiro atoms. The number of benzene rings is 1. The number of ether oxygens (including phenoxy) is 2. The zero-order chi connectivity index (χ0) is 22.6. The second kappa shape index (κ2) is 9.67. The van der Waals surface area contributed by atoms with Gasteiger partial charge in [-0.1, -0.05) is 41.7 Å². The summed E-state index contributed by atoms with van der Waals surface area (Å²) in [5.41, 5.74) is 1.22. The first-order valence-electron chi connectivity index (χ1n) is 9.21. The molecule has 12 heteroatoms. The summed E-state index contributed by atoms with van der Waals surface area (Å²) in [6, 6.07) is 7.17. The molecule has 4 N–H and O–H groups in total. The molecule has 0 saturated heterocycles. The summed E-state index contributed by atoms with van der Waals surface area (Å²) in [7, 11) is 3.13. The van der Waals surface area contributed by atoms with E-state index in [1.165, 1.54) is 0 Å². The Bertz CT molecular complexity index is 1050. The molecule has 2 heterocycles. The number of fused-ring (bicyclic) bond motifs is 1. The van der Waals surface area contributed by atoms with Crippen molar-refractivity contribution < 1.29 is 14.3 Å². The molecule has 166 valence electrons. The van der Waals surface area contributed by atoms with Gasteiger partial charge in [0.1, 0.15) is 29.1 Å². The van der Waals surface area contributed by atoms with Crippen LogP contribution in [0, 0.1) is 0 Å². The highest BCUT2D eigenvalue weighted by atomic mass is 35.6. The lowest BCUT2D eigenvalue weighted by Crippen LogP contribution is -2.49. The van der Waals surface area contributed by atoms with Gasteiger partial charge in [-0.25, -0.2) is 0 Å². The SMILES string of the molecule is CCC(=O)NC(Nc1nc(Nc2cc(OC)cc(OC)c2)c2cc[nH]c2n1)C(Cl)(Cl)Cl. The molecule has 31 heavy (non-hydrogen) atoms. The number of aromatic nitrogens is 3. The smallest absolute Gasteiger partial charge is 0.228 e. The van der Waals surface area contributed by atoms with Crippen molar-refractivity contribution in [2.75, 3.05) is 24.9 Å². The maximum absolute atomic E-state index is 11.8. The van der Waals surface area contributed by atoms with E-state index >= 15 is 0 Å². The van der Waals surface area contributed by atoms with E-state index in [2.05, 4.69) is 30.9 Å². The molecule has 0 saturated carbocycles. The van der Waals surface area contributed by atoms with Crippen molar-refractivity contribution in [2.24, 2.45) is 0 Å². The largest absolute Gasteiger partial charge is 0.497 e. The summed E-state index contributed by atoms with van der Waals surface area (Å²) >= 11 is 18.1. The number of nitrogens with one attached hydrogen (secondary N) is 4. The van der Waals surface area contributed by atoms with Gasteiger partial charge in [-0.05, 0) is 6.07 Å². The van der Waals surface area contributed by atoms with Crippen LogP contribution in [0.5, 0.6) is 11.5 Å². The first kappa shape index (κ1) is 23.1. The predicted octanol–water partition coefficient (Wildman–Crippen LogP) is 4.35. The van der Waals surface area contributed by atoms with Crippen LogP contribution in [0.25, 0.3) is 11.0 Å². The monoisotopic (exact) mass is 486 g/mol. The second-order valence-corrected chi connectivity index (χ2v) is 8.77. The third-order valence-corrected chi connectivity index (χ3v) is 4.91. The van der Waals surface area contributed by atoms with E-state index in [-0.39, 0.29) is 18.3 Å². The van der Waals surface area contributed by atoms with E-state index in [1.54, 1.807) is 45.5 Å². The lowest BCUT2D eigenvalue weighted by Gasteiger charge is -2.26. The van der Waals surface area contributed by atoms with Gasteiger partial charge >= 0.3 is 0 Å². The van der Waals surface area contributed by atoms with Gasteiger partial charge in [0, 0.05) is 36.5 Å². The maximum Gasteiger partial charge on any atom is 0.228 e. The maximum atomic E-state index is 11.8. The van der Waals surface area contributed by atoms with Crippen molar-refractivity contribution in [3.05, 3.63) is 30.5 Å². The van der Waals surface area contributed by atoms with Crippen LogP contribution >= 0.6 is 34.8 Å². The number of alkyl halides is 3. The number of anilines is 3. The minimum atomic E-state index is -1.84. The number of nitrogens with zero attached hydrogens (tertiary/aromatic N) is 2. The highest BCUT2D eigenvalue weighted by Gasteiger charge is 2.34. The van der Waals surface area contributed by atoms with Crippen LogP contribution in [0.4, 0.5) is 17.5 Å². The number of H-pyrrole nitrogens is 1. The van der Waals surface area contributed by atoms with E-state index in [0.29, 0.717) is 28.7 Å². The minimum Gasteiger partial charge on any atom is -0.497 e. The van der Waals surface area contributed by atoms with Crippen molar-refractivity contribution in [1.29, 1.82) is 0 Å². The van der Waals surface area contributed by atoms with Gasteiger partial charge in [0.05, 0.1) is 19.6 Å². The van der Waals surface area contributed by atoms with Crippen molar-refractivity contribution in [1.82, 2.24) is 20.3 Å². The van der Waals surface area contributed by atoms with Crippen LogP contribution in [-0.4, -0.2) is 45.0 Å². The number of halogens is 3. The molecule has 2 aromatic heterocycles. The van der Waals surface area contributed by atoms with Gasteiger partial charge in [0.15, 0.2) is 0 Å². The number of amides is 1. The molecule has 3 rings (SSSR count). The van der Waals surface area contributed by atoms with Crippen LogP contribution in [0.3, 0.4) is 0 Å². The van der Waals surface area contributed by atoms with Crippen molar-refractivity contribution in [3.63, 3.8) is 0 Å². The second-order valence-electron chi connectivity index (χ2n) is 6.40. The van der Waals surface area contributed by atoms with E-state index in [9.17, 15) is 4.79 Å². The van der Waals surface area contributed by atoms with Gasteiger partial charge in [-0.3, -0.25) is 4.79 Å². The molecule has 1 amide bonds. The molecule has 1 aromatic carbocycles. The molecule has 0 fully saturated rings. The summed E-state index contributed by atoms with van der Waals surface area (Å²) < 4.78 is 8.79. The fourth-order valence-corrected chi connectivity index (χ4v) is 3.04. The number of rotatable bonds is 8. The van der Waals surface area contributed by atoms with Crippen LogP contribution in [-0.2, 0) is 4.79 Å². The number of carbonyl (C=O) groups excluding carboxylic acids is 1. The Morgan fingerprint density at radius 3 is 2.42 bits per heavy atom. The van der Waals surface area contributed by atoms with Crippen molar-refractivity contribution in [2.45, 2.75) is 23.3 Å². The number of aromatic amines is 1. The number of hydrogen-bond acceptors (Lipinski definition) is 7. The van der Waals surface area contributed by atoms with Gasteiger partial charge < -0.3 is 30.4 Å². The molecular weight excluding hydrogens is 467 g/mol. The molecule has 0 aliphatic heterocycles. The van der Waals surface area contributed by atoms with Gasteiger partial charge in [-0.15, -0.1) is 0 Å². The lowest BCUT2D eigenvalue weighted by molar-refractivity contribution is -0.121. The Kier molecular flexibility index (Phi) is 7.19. The summed E-state index contributed by atoms with van der Waals surface area (Å²) in [6.07, 6.45) is 0.896. The first-order chi connectivity index (χ1) is 14.7. The molecule has 1 atom stereocenters. The van der Waals surface area contributed by atoms with E-state index in [0.717, 1.165) is 5.39 Å². The molecule has 0 aliphatic carbocycles. The van der Waals surface area contributed by atoms with Gasteiger partial charge in [0.25, 0.3) is 0 Å². The number of hydrogen-bond donors (Lipinski definition) is 4. The van der Waals surface area contributed by atoms with Gasteiger partial charge in [0.2, 0.25) is 15.6 Å². The molecule has 0 aliphatic rings. The molecular formula is C19H21Cl3N6O3. The molecule has 0 bridgehead atoms. The third kappa shape index (κ3) is 5.75. The number of carbonyl (C=O) groups is 1. The molecule has 0 radical (unpaired) electrons. The first-order valence-corrected chi connectivity index (χ1v) is 10.3. The van der Waals surface area contributed by atoms with E-state index < -0.39 is 9.96 Å². The molecule has 1 unspecified atom stereocenters. The Morgan fingerprint density at radius 2 is 1.84 bits per heavy atom. The third-order valence-electron chi connectivity index (χ3n) is 4.26. The summed E-state index contributed by atoms with van der Waals surface area (Å²) in [4.78, 5) is 23.8. The van der Waals surface area contributed by atoms with Crippen LogP contribution in [0.2, 0.25) is 0 Å². The Hall–Kier alpha value is -2.62. The topological polar surface area (TPSA) is 113 Å². The Balaban J connectivity index is 1.96. The number of methoxy groups -OCH3 is 2. The van der Waals surface area contributed by atoms with Crippen LogP contribution in [0.15, 0.2) is 30.5 Å². The Morgan fingerprint density at radius 1 is 1.16 bits per heavy atom. The van der Waals surface area contributed by atoms with Gasteiger partial charge in [-0.2, -0.15) is 9.97 Å². The highest BCUT2D eigenvalue weighted by Crippen LogP contribution is 2.33. The normalized spacial score (nSPS) is 12.3. The molecule has 9 nitrogen and oxygen atoms in total. The van der Waals surface area contributed by atoms with E-state index in [4.69, 9.17) is 44.3 Å². The van der Waals surface area contributed by atoms with Crippen LogP contribution < -0.4 is 25.4 Å². The van der Waals surface area contributed by atoms with E-state index in [1.807, 2.05) is 6.07 Å². The quantitative estimate of drug-likeness (QED) is 0.276.